The molecule has 0 aromatic carbocycles. The van der Waals surface area contributed by atoms with Crippen LogP contribution in [0.3, 0.4) is 0 Å². The van der Waals surface area contributed by atoms with Gasteiger partial charge in [0.15, 0.2) is 0 Å². The van der Waals surface area contributed by atoms with Crippen molar-refractivity contribution < 1.29 is 29.9 Å². The molecule has 0 bridgehead atoms. The molecule has 2 aliphatic heterocycles. The van der Waals surface area contributed by atoms with E-state index in [1.807, 2.05) is 0 Å². The molecule has 0 radical (unpaired) electrons. The smallest absolute Gasteiger partial charge is 0.229 e. The first-order chi connectivity index (χ1) is 10.8. The molecule has 0 spiro atoms. The normalized spacial score (nSPS) is 42.7. The summed E-state index contributed by atoms with van der Waals surface area (Å²) >= 11 is 9.50. The van der Waals surface area contributed by atoms with Gasteiger partial charge in [-0.2, -0.15) is 0 Å². The summed E-state index contributed by atoms with van der Waals surface area (Å²) < 4.78 is 10.0. The Bertz CT molecular complexity index is 614. The van der Waals surface area contributed by atoms with Gasteiger partial charge in [0.1, 0.15) is 34.0 Å². The maximum Gasteiger partial charge on any atom is 0.229 e. The lowest BCUT2D eigenvalue weighted by Crippen LogP contribution is -2.59. The zero-order chi connectivity index (χ0) is 16.8. The highest BCUT2D eigenvalue weighted by molar-refractivity contribution is 9.10. The summed E-state index contributed by atoms with van der Waals surface area (Å²) in [5, 5.41) is 38.7. The van der Waals surface area contributed by atoms with Crippen LogP contribution in [0.25, 0.3) is 0 Å². The maximum atomic E-state index is 10.0. The Morgan fingerprint density at radius 3 is 2.74 bits per heavy atom. The van der Waals surface area contributed by atoms with Crippen molar-refractivity contribution in [2.45, 2.75) is 34.5 Å². The number of aliphatic hydroxyl groups excluding tert-OH is 4. The predicted molar refractivity (Wildman–Crippen MR) is 85.1 cm³/mol. The van der Waals surface area contributed by atoms with Crippen LogP contribution < -0.4 is 0 Å². The number of rotatable bonds is 3. The third-order valence-corrected chi connectivity index (χ3v) is 4.48. The SMILES string of the molecule is OC[C@H]1OC(OC2=CN=C3C=CC(Cl)(Br)C=C23)[C@H](O)[C@@H](O)[C@H]1O. The number of fused-ring (bicyclic) bond motifs is 1. The molecule has 4 N–H and O–H groups in total. The average molecular weight is 409 g/mol. The number of hydrogen-bond donors (Lipinski definition) is 4. The van der Waals surface area contributed by atoms with E-state index in [0.29, 0.717) is 17.0 Å². The van der Waals surface area contributed by atoms with E-state index in [1.165, 1.54) is 6.20 Å². The van der Waals surface area contributed by atoms with E-state index in [2.05, 4.69) is 20.9 Å². The highest BCUT2D eigenvalue weighted by Gasteiger charge is 2.45. The first kappa shape index (κ1) is 17.1. The summed E-state index contributed by atoms with van der Waals surface area (Å²) in [6.07, 6.45) is -0.177. The van der Waals surface area contributed by atoms with Crippen LogP contribution >= 0.6 is 27.5 Å². The number of hydrogen-bond acceptors (Lipinski definition) is 7. The van der Waals surface area contributed by atoms with Gasteiger partial charge in [-0.3, -0.25) is 4.99 Å². The van der Waals surface area contributed by atoms with Crippen molar-refractivity contribution >= 4 is 33.2 Å². The van der Waals surface area contributed by atoms with Crippen LogP contribution in [0.15, 0.2) is 40.8 Å². The van der Waals surface area contributed by atoms with E-state index in [0.717, 1.165) is 0 Å². The molecule has 3 rings (SSSR count). The Hall–Kier alpha value is -0.740. The third-order valence-electron chi connectivity index (χ3n) is 3.75. The Morgan fingerprint density at radius 2 is 2.04 bits per heavy atom. The highest BCUT2D eigenvalue weighted by atomic mass is 79.9. The van der Waals surface area contributed by atoms with Gasteiger partial charge < -0.3 is 29.9 Å². The molecule has 0 saturated carbocycles. The largest absolute Gasteiger partial charge is 0.460 e. The third kappa shape index (κ3) is 3.25. The topological polar surface area (TPSA) is 112 Å². The minimum Gasteiger partial charge on any atom is -0.460 e. The molecule has 7 nitrogen and oxygen atoms in total. The molecule has 1 aliphatic carbocycles. The van der Waals surface area contributed by atoms with Crippen LogP contribution in [0.2, 0.25) is 0 Å². The Balaban J connectivity index is 1.76. The molecular formula is C14H15BrClNO6. The molecule has 126 valence electrons. The number of aliphatic hydroxyl groups is 4. The molecule has 1 saturated heterocycles. The van der Waals surface area contributed by atoms with E-state index in [1.54, 1.807) is 18.2 Å². The second-order valence-corrected chi connectivity index (χ2v) is 7.78. The van der Waals surface area contributed by atoms with E-state index in [9.17, 15) is 20.4 Å². The molecule has 9 heteroatoms. The maximum absolute atomic E-state index is 10.0. The van der Waals surface area contributed by atoms with Gasteiger partial charge in [-0.25, -0.2) is 0 Å². The monoisotopic (exact) mass is 407 g/mol. The fourth-order valence-corrected chi connectivity index (χ4v) is 3.02. The van der Waals surface area contributed by atoms with Gasteiger partial charge in [-0.15, -0.1) is 0 Å². The fraction of sp³-hybridized carbons (Fsp3) is 0.500. The molecule has 6 atom stereocenters. The number of allylic oxidation sites excluding steroid dienone is 4. The van der Waals surface area contributed by atoms with Gasteiger partial charge in [0.2, 0.25) is 6.29 Å². The van der Waals surface area contributed by atoms with E-state index < -0.39 is 41.1 Å². The summed E-state index contributed by atoms with van der Waals surface area (Å²) in [5.41, 5.74) is 1.25. The fourth-order valence-electron chi connectivity index (χ4n) is 2.49. The minimum absolute atomic E-state index is 0.304. The molecule has 0 aromatic heterocycles. The van der Waals surface area contributed by atoms with Crippen molar-refractivity contribution in [1.82, 2.24) is 0 Å². The van der Waals surface area contributed by atoms with E-state index >= 15 is 0 Å². The molecule has 2 unspecified atom stereocenters. The summed E-state index contributed by atoms with van der Waals surface area (Å²) in [6.45, 7) is -0.525. The highest BCUT2D eigenvalue weighted by Crippen LogP contribution is 2.37. The summed E-state index contributed by atoms with van der Waals surface area (Å²) in [4.78, 5) is 4.16. The lowest BCUT2D eigenvalue weighted by molar-refractivity contribution is -0.290. The van der Waals surface area contributed by atoms with Crippen LogP contribution in [-0.4, -0.2) is 67.2 Å². The summed E-state index contributed by atoms with van der Waals surface area (Å²) in [7, 11) is 0. The second-order valence-electron chi connectivity index (χ2n) is 5.39. The van der Waals surface area contributed by atoms with Gasteiger partial charge in [0.25, 0.3) is 0 Å². The van der Waals surface area contributed by atoms with E-state index in [-0.39, 0.29) is 0 Å². The minimum atomic E-state index is -1.50. The first-order valence-corrected chi connectivity index (χ1v) is 8.05. The molecule has 0 amide bonds. The van der Waals surface area contributed by atoms with Crippen molar-refractivity contribution in [2.24, 2.45) is 4.99 Å². The quantitative estimate of drug-likeness (QED) is 0.486. The molecular weight excluding hydrogens is 394 g/mol. The number of aliphatic imine (C=N–C) groups is 1. The predicted octanol–water partition coefficient (Wildman–Crippen LogP) is -0.0749. The molecule has 2 heterocycles. The van der Waals surface area contributed by atoms with Crippen LogP contribution in [0.1, 0.15) is 0 Å². The number of halogens is 2. The van der Waals surface area contributed by atoms with Gasteiger partial charge in [-0.05, 0) is 18.2 Å². The van der Waals surface area contributed by atoms with Crippen molar-refractivity contribution in [3.8, 4) is 0 Å². The lowest BCUT2D eigenvalue weighted by atomic mass is 9.99. The van der Waals surface area contributed by atoms with Gasteiger partial charge in [0, 0.05) is 5.57 Å². The zero-order valence-electron chi connectivity index (χ0n) is 11.7. The molecule has 23 heavy (non-hydrogen) atoms. The van der Waals surface area contributed by atoms with Crippen molar-refractivity contribution in [3.63, 3.8) is 0 Å². The van der Waals surface area contributed by atoms with Gasteiger partial charge >= 0.3 is 0 Å². The van der Waals surface area contributed by atoms with Gasteiger partial charge in [-0.1, -0.05) is 27.5 Å². The molecule has 3 aliphatic rings. The van der Waals surface area contributed by atoms with Crippen molar-refractivity contribution in [3.05, 3.63) is 35.8 Å². The molecule has 1 fully saturated rings. The Labute approximate surface area is 145 Å². The Kier molecular flexibility index (Phi) is 4.67. The summed E-state index contributed by atoms with van der Waals surface area (Å²) in [6, 6.07) is 0. The summed E-state index contributed by atoms with van der Waals surface area (Å²) in [5.74, 6) is 0.304. The number of nitrogens with zero attached hydrogens (tertiary/aromatic N) is 1. The lowest BCUT2D eigenvalue weighted by Gasteiger charge is -2.39. The Morgan fingerprint density at radius 1 is 1.30 bits per heavy atom. The van der Waals surface area contributed by atoms with E-state index in [4.69, 9.17) is 21.1 Å². The second kappa shape index (κ2) is 6.29. The first-order valence-electron chi connectivity index (χ1n) is 6.88. The average Bonchev–Trinajstić information content (AvgIpc) is 2.88. The number of ether oxygens (including phenoxy) is 2. The van der Waals surface area contributed by atoms with Crippen LogP contribution in [0, 0.1) is 0 Å². The molecule has 0 aromatic rings. The van der Waals surface area contributed by atoms with Crippen LogP contribution in [0.4, 0.5) is 0 Å². The van der Waals surface area contributed by atoms with Crippen molar-refractivity contribution in [2.75, 3.05) is 6.61 Å². The zero-order valence-corrected chi connectivity index (χ0v) is 14.1. The van der Waals surface area contributed by atoms with Crippen molar-refractivity contribution in [1.29, 1.82) is 0 Å². The van der Waals surface area contributed by atoms with Gasteiger partial charge in [0.05, 0.1) is 18.5 Å². The van der Waals surface area contributed by atoms with Crippen LogP contribution in [-0.2, 0) is 9.47 Å². The standard InChI is InChI=1S/C14H15BrClNO6/c15-14(16)2-1-7-6(3-14)8(4-17-7)22-13-12(21)11(20)10(19)9(5-18)23-13/h1-4,9-13,18-21H,5H2/t9-,10+,11+,12-,13?,14?/m1/s1. The number of alkyl halides is 2. The van der Waals surface area contributed by atoms with Crippen LogP contribution in [0.5, 0.6) is 0 Å².